The zero-order valence-corrected chi connectivity index (χ0v) is 15.4. The van der Waals surface area contributed by atoms with Crippen LogP contribution in [-0.2, 0) is 9.59 Å². The molecule has 0 aromatic carbocycles. The predicted octanol–water partition coefficient (Wildman–Crippen LogP) is 1.03. The zero-order chi connectivity index (χ0) is 17.8. The van der Waals surface area contributed by atoms with Gasteiger partial charge in [-0.15, -0.1) is 0 Å². The summed E-state index contributed by atoms with van der Waals surface area (Å²) in [7, 11) is 0. The van der Waals surface area contributed by atoms with Crippen molar-refractivity contribution in [2.24, 2.45) is 5.41 Å². The van der Waals surface area contributed by atoms with E-state index in [9.17, 15) is 9.59 Å². The van der Waals surface area contributed by atoms with Crippen molar-refractivity contribution in [3.8, 4) is 0 Å². The number of hydrogen-bond donors (Lipinski definition) is 3. The molecule has 3 N–H and O–H groups in total. The second-order valence-corrected chi connectivity index (χ2v) is 7.71. The number of hydrogen-bond acceptors (Lipinski definition) is 4. The highest BCUT2D eigenvalue weighted by atomic mass is 16.3. The maximum Gasteiger partial charge on any atom is 0.239 e. The maximum absolute atomic E-state index is 12.2. The zero-order valence-electron chi connectivity index (χ0n) is 15.4. The molecule has 1 spiro atoms. The Balaban J connectivity index is 1.89. The summed E-state index contributed by atoms with van der Waals surface area (Å²) in [5, 5.41) is 14.4. The second kappa shape index (κ2) is 7.83. The summed E-state index contributed by atoms with van der Waals surface area (Å²) >= 11 is 0. The highest BCUT2D eigenvalue weighted by molar-refractivity contribution is 5.84. The van der Waals surface area contributed by atoms with Crippen LogP contribution in [0.5, 0.6) is 0 Å². The van der Waals surface area contributed by atoms with Crippen LogP contribution in [0.1, 0.15) is 59.3 Å². The van der Waals surface area contributed by atoms with E-state index in [-0.39, 0.29) is 48.4 Å². The van der Waals surface area contributed by atoms with Crippen molar-refractivity contribution in [2.45, 2.75) is 70.9 Å². The molecule has 2 rings (SSSR count). The summed E-state index contributed by atoms with van der Waals surface area (Å²) in [5.41, 5.74) is 0.452. The number of nitrogens with zero attached hydrogens (tertiary/aromatic N) is 1. The van der Waals surface area contributed by atoms with Gasteiger partial charge in [0.25, 0.3) is 0 Å². The first kappa shape index (κ1) is 19.2. The van der Waals surface area contributed by atoms with Crippen LogP contribution in [0.15, 0.2) is 0 Å². The van der Waals surface area contributed by atoms with Gasteiger partial charge in [-0.3, -0.25) is 14.5 Å². The number of carbonyl (C=O) groups is 2. The predicted molar refractivity (Wildman–Crippen MR) is 93.5 cm³/mol. The van der Waals surface area contributed by atoms with Crippen LogP contribution in [0.2, 0.25) is 0 Å². The SMILES string of the molecule is CCCC(C)(CC)N1CC(NC(=O)CNC(=O)CCO)C2(CC2)C1. The van der Waals surface area contributed by atoms with Crippen molar-refractivity contribution in [2.75, 3.05) is 26.2 Å². The molecule has 2 amide bonds. The summed E-state index contributed by atoms with van der Waals surface area (Å²) in [4.78, 5) is 26.1. The molecule has 1 saturated heterocycles. The van der Waals surface area contributed by atoms with E-state index in [0.717, 1.165) is 19.5 Å². The van der Waals surface area contributed by atoms with Crippen LogP contribution in [0.25, 0.3) is 0 Å². The Hall–Kier alpha value is -1.14. The molecule has 0 bridgehead atoms. The first-order valence-corrected chi connectivity index (χ1v) is 9.31. The van der Waals surface area contributed by atoms with Crippen molar-refractivity contribution < 1.29 is 14.7 Å². The van der Waals surface area contributed by atoms with Crippen molar-refractivity contribution in [3.63, 3.8) is 0 Å². The second-order valence-electron chi connectivity index (χ2n) is 7.71. The molecule has 24 heavy (non-hydrogen) atoms. The Kier molecular flexibility index (Phi) is 6.26. The molecule has 1 saturated carbocycles. The number of carbonyl (C=O) groups excluding carboxylic acids is 2. The van der Waals surface area contributed by atoms with Gasteiger partial charge in [0, 0.05) is 36.5 Å². The average molecular weight is 339 g/mol. The summed E-state index contributed by atoms with van der Waals surface area (Å²) < 4.78 is 0. The fourth-order valence-corrected chi connectivity index (χ4v) is 3.96. The third kappa shape index (κ3) is 4.28. The third-order valence-electron chi connectivity index (χ3n) is 5.97. The minimum atomic E-state index is -0.289. The molecule has 6 nitrogen and oxygen atoms in total. The molecule has 2 atom stereocenters. The van der Waals surface area contributed by atoms with Gasteiger partial charge in [0.1, 0.15) is 0 Å². The van der Waals surface area contributed by atoms with Crippen LogP contribution in [0, 0.1) is 5.41 Å². The minimum absolute atomic E-state index is 0.00851. The van der Waals surface area contributed by atoms with Crippen molar-refractivity contribution in [1.29, 1.82) is 0 Å². The number of likely N-dealkylation sites (tertiary alicyclic amines) is 1. The van der Waals surface area contributed by atoms with Crippen LogP contribution < -0.4 is 10.6 Å². The average Bonchev–Trinajstić information content (AvgIpc) is 3.23. The van der Waals surface area contributed by atoms with E-state index in [1.54, 1.807) is 0 Å². The lowest BCUT2D eigenvalue weighted by Gasteiger charge is -2.38. The lowest BCUT2D eigenvalue weighted by Crippen LogP contribution is -2.48. The van der Waals surface area contributed by atoms with Gasteiger partial charge in [-0.2, -0.15) is 0 Å². The Bertz CT molecular complexity index is 464. The summed E-state index contributed by atoms with van der Waals surface area (Å²) in [5.74, 6) is -0.420. The van der Waals surface area contributed by atoms with Gasteiger partial charge in [-0.25, -0.2) is 0 Å². The van der Waals surface area contributed by atoms with E-state index in [4.69, 9.17) is 5.11 Å². The molecule has 6 heteroatoms. The molecular weight excluding hydrogens is 306 g/mol. The number of amides is 2. The molecule has 0 aromatic rings. The minimum Gasteiger partial charge on any atom is -0.396 e. The van der Waals surface area contributed by atoms with E-state index >= 15 is 0 Å². The first-order valence-electron chi connectivity index (χ1n) is 9.31. The normalized spacial score (nSPS) is 24.6. The van der Waals surface area contributed by atoms with Crippen molar-refractivity contribution >= 4 is 11.8 Å². The van der Waals surface area contributed by atoms with Crippen LogP contribution in [-0.4, -0.2) is 59.6 Å². The molecule has 138 valence electrons. The van der Waals surface area contributed by atoms with E-state index in [0.29, 0.717) is 0 Å². The summed E-state index contributed by atoms with van der Waals surface area (Å²) in [6.07, 6.45) is 5.86. The van der Waals surface area contributed by atoms with Gasteiger partial charge >= 0.3 is 0 Å². The topological polar surface area (TPSA) is 81.7 Å². The highest BCUT2D eigenvalue weighted by Gasteiger charge is 2.57. The largest absolute Gasteiger partial charge is 0.396 e. The Morgan fingerprint density at radius 1 is 1.29 bits per heavy atom. The van der Waals surface area contributed by atoms with Gasteiger partial charge in [0.15, 0.2) is 0 Å². The lowest BCUT2D eigenvalue weighted by molar-refractivity contribution is -0.126. The molecule has 2 aliphatic rings. The monoisotopic (exact) mass is 339 g/mol. The van der Waals surface area contributed by atoms with Gasteiger partial charge in [0.05, 0.1) is 13.2 Å². The number of aliphatic hydroxyl groups is 1. The molecule has 1 aliphatic heterocycles. The Morgan fingerprint density at radius 3 is 2.54 bits per heavy atom. The standard InChI is InChI=1S/C18H33N3O3/c1-4-7-17(3,5-2)21-12-14(18(13-21)8-9-18)20-16(24)11-19-15(23)6-10-22/h14,22H,4-13H2,1-3H3,(H,19,23)(H,20,24). The number of aliphatic hydroxyl groups excluding tert-OH is 1. The van der Waals surface area contributed by atoms with E-state index < -0.39 is 0 Å². The maximum atomic E-state index is 12.2. The van der Waals surface area contributed by atoms with Crippen LogP contribution in [0.4, 0.5) is 0 Å². The third-order valence-corrected chi connectivity index (χ3v) is 5.97. The molecule has 0 radical (unpaired) electrons. The van der Waals surface area contributed by atoms with Crippen molar-refractivity contribution in [1.82, 2.24) is 15.5 Å². The van der Waals surface area contributed by atoms with Gasteiger partial charge in [0.2, 0.25) is 11.8 Å². The fraction of sp³-hybridized carbons (Fsp3) is 0.889. The van der Waals surface area contributed by atoms with Crippen LogP contribution in [0.3, 0.4) is 0 Å². The van der Waals surface area contributed by atoms with E-state index in [1.165, 1.54) is 25.7 Å². The smallest absolute Gasteiger partial charge is 0.239 e. The van der Waals surface area contributed by atoms with Gasteiger partial charge in [-0.1, -0.05) is 20.3 Å². The Morgan fingerprint density at radius 2 is 2.00 bits per heavy atom. The highest BCUT2D eigenvalue weighted by Crippen LogP contribution is 2.54. The summed E-state index contributed by atoms with van der Waals surface area (Å²) in [6.45, 7) is 8.58. The molecule has 2 fully saturated rings. The van der Waals surface area contributed by atoms with Crippen LogP contribution >= 0.6 is 0 Å². The van der Waals surface area contributed by atoms with E-state index in [1.807, 2.05) is 0 Å². The molecule has 2 unspecified atom stereocenters. The molecule has 1 heterocycles. The number of rotatable bonds is 9. The fourth-order valence-electron chi connectivity index (χ4n) is 3.96. The van der Waals surface area contributed by atoms with Gasteiger partial charge in [-0.05, 0) is 32.6 Å². The van der Waals surface area contributed by atoms with E-state index in [2.05, 4.69) is 36.3 Å². The van der Waals surface area contributed by atoms with Gasteiger partial charge < -0.3 is 15.7 Å². The lowest BCUT2D eigenvalue weighted by atomic mass is 9.91. The summed E-state index contributed by atoms with van der Waals surface area (Å²) in [6, 6.07) is 0.183. The van der Waals surface area contributed by atoms with Crippen molar-refractivity contribution in [3.05, 3.63) is 0 Å². The quantitative estimate of drug-likeness (QED) is 0.586. The first-order chi connectivity index (χ1) is 11.4. The molecule has 1 aliphatic carbocycles. The number of nitrogens with one attached hydrogen (secondary N) is 2. The molecular formula is C18H33N3O3. The molecule has 0 aromatic heterocycles. The Labute approximate surface area is 145 Å².